The minimum atomic E-state index is -0.0351. The number of carbonyl (C=O) groups is 1. The molecule has 0 saturated carbocycles. The number of aryl methyl sites for hydroxylation is 1. The molecule has 18 heavy (non-hydrogen) atoms. The van der Waals surface area contributed by atoms with Gasteiger partial charge in [-0.25, -0.2) is 4.68 Å². The van der Waals surface area contributed by atoms with Crippen molar-refractivity contribution in [3.63, 3.8) is 0 Å². The summed E-state index contributed by atoms with van der Waals surface area (Å²) in [5.74, 6) is 0.465. The average Bonchev–Trinajstić information content (AvgIpc) is 2.89. The molecule has 6 nitrogen and oxygen atoms in total. The molecular formula is C11H10BrN5O. The fourth-order valence-electron chi connectivity index (χ4n) is 1.93. The molecule has 0 aliphatic carbocycles. The van der Waals surface area contributed by atoms with E-state index in [2.05, 4.69) is 21.0 Å². The highest BCUT2D eigenvalue weighted by Gasteiger charge is 2.32. The average molecular weight is 308 g/mol. The summed E-state index contributed by atoms with van der Waals surface area (Å²) in [6.45, 7) is 0.899. The summed E-state index contributed by atoms with van der Waals surface area (Å²) < 4.78 is 1.55. The molecule has 1 saturated heterocycles. The highest BCUT2D eigenvalue weighted by Crippen LogP contribution is 2.28. The minimum absolute atomic E-state index is 0.0351. The van der Waals surface area contributed by atoms with Crippen LogP contribution in [0.5, 0.6) is 0 Å². The Kier molecular flexibility index (Phi) is 3.63. The van der Waals surface area contributed by atoms with E-state index in [1.807, 2.05) is 12.1 Å². The van der Waals surface area contributed by atoms with Crippen molar-refractivity contribution in [2.75, 3.05) is 11.4 Å². The molecule has 1 aliphatic heterocycles. The number of nitrogens with zero attached hydrogens (tertiary/aromatic N) is 5. The van der Waals surface area contributed by atoms with Crippen LogP contribution in [0.3, 0.4) is 0 Å². The van der Waals surface area contributed by atoms with Gasteiger partial charge in [-0.2, -0.15) is 15.6 Å². The first-order valence-electron chi connectivity index (χ1n) is 5.44. The van der Waals surface area contributed by atoms with Crippen LogP contribution in [-0.2, 0) is 11.3 Å². The largest absolute Gasteiger partial charge is 0.295 e. The number of hydrogen-bond acceptors (Lipinski definition) is 4. The fourth-order valence-corrected chi connectivity index (χ4v) is 2.50. The lowest BCUT2D eigenvalue weighted by atomic mass is 10.3. The van der Waals surface area contributed by atoms with E-state index >= 15 is 0 Å². The Balaban J connectivity index is 2.36. The molecule has 1 aliphatic rings. The van der Waals surface area contributed by atoms with Crippen LogP contribution in [0.2, 0.25) is 0 Å². The van der Waals surface area contributed by atoms with E-state index in [1.54, 1.807) is 9.58 Å². The second-order valence-corrected chi connectivity index (χ2v) is 5.23. The highest BCUT2D eigenvalue weighted by molar-refractivity contribution is 9.09. The molecule has 1 atom stereocenters. The van der Waals surface area contributed by atoms with Gasteiger partial charge in [0.05, 0.1) is 25.2 Å². The Morgan fingerprint density at radius 3 is 2.89 bits per heavy atom. The summed E-state index contributed by atoms with van der Waals surface area (Å²) in [6, 6.07) is 4.05. The van der Waals surface area contributed by atoms with Crippen LogP contribution in [0.4, 0.5) is 5.82 Å². The normalized spacial score (nSPS) is 18.7. The molecule has 2 heterocycles. The summed E-state index contributed by atoms with van der Waals surface area (Å²) >= 11 is 3.40. The first-order valence-corrected chi connectivity index (χ1v) is 6.36. The zero-order valence-corrected chi connectivity index (χ0v) is 11.1. The summed E-state index contributed by atoms with van der Waals surface area (Å²) in [5.41, 5.74) is 0.364. The van der Waals surface area contributed by atoms with Crippen LogP contribution < -0.4 is 4.90 Å². The van der Waals surface area contributed by atoms with E-state index < -0.39 is 0 Å². The standard InChI is InChI=1S/C11H10BrN5O/c12-9-4-10(18)16(7-9)11-8(5-14)6-15-17(11)3-1-2-13/h6,9H,1,3-4,7H2. The van der Waals surface area contributed by atoms with Crippen molar-refractivity contribution in [2.24, 2.45) is 0 Å². The monoisotopic (exact) mass is 307 g/mol. The molecule has 0 spiro atoms. The van der Waals surface area contributed by atoms with E-state index in [0.717, 1.165) is 0 Å². The molecule has 7 heteroatoms. The minimum Gasteiger partial charge on any atom is -0.295 e. The molecule has 2 rings (SSSR count). The van der Waals surface area contributed by atoms with Crippen molar-refractivity contribution in [3.05, 3.63) is 11.8 Å². The number of rotatable bonds is 3. The predicted octanol–water partition coefficient (Wildman–Crippen LogP) is 1.17. The lowest BCUT2D eigenvalue weighted by molar-refractivity contribution is -0.117. The van der Waals surface area contributed by atoms with Crippen molar-refractivity contribution in [2.45, 2.75) is 24.2 Å². The van der Waals surface area contributed by atoms with E-state index in [0.29, 0.717) is 37.3 Å². The molecule has 92 valence electrons. The maximum Gasteiger partial charge on any atom is 0.229 e. The predicted molar refractivity (Wildman–Crippen MR) is 66.9 cm³/mol. The molecule has 0 N–H and O–H groups in total. The number of aromatic nitrogens is 2. The van der Waals surface area contributed by atoms with Gasteiger partial charge >= 0.3 is 0 Å². The van der Waals surface area contributed by atoms with E-state index in [1.165, 1.54) is 6.20 Å². The first-order chi connectivity index (χ1) is 8.67. The van der Waals surface area contributed by atoms with Crippen molar-refractivity contribution >= 4 is 27.7 Å². The smallest absolute Gasteiger partial charge is 0.229 e. The molecule has 1 aromatic rings. The van der Waals surface area contributed by atoms with Crippen LogP contribution in [0.15, 0.2) is 6.20 Å². The van der Waals surface area contributed by atoms with Crippen molar-refractivity contribution < 1.29 is 4.79 Å². The second kappa shape index (κ2) is 5.19. The quantitative estimate of drug-likeness (QED) is 0.784. The molecule has 0 radical (unpaired) electrons. The van der Waals surface area contributed by atoms with Gasteiger partial charge in [-0.15, -0.1) is 0 Å². The Bertz CT molecular complexity index is 553. The number of carbonyl (C=O) groups excluding carboxylic acids is 1. The van der Waals surface area contributed by atoms with Crippen LogP contribution in [0.1, 0.15) is 18.4 Å². The van der Waals surface area contributed by atoms with E-state index in [4.69, 9.17) is 10.5 Å². The number of alkyl halides is 1. The maximum atomic E-state index is 11.9. The molecule has 0 aromatic carbocycles. The Morgan fingerprint density at radius 2 is 2.33 bits per heavy atom. The van der Waals surface area contributed by atoms with E-state index in [-0.39, 0.29) is 10.7 Å². The van der Waals surface area contributed by atoms with Gasteiger partial charge in [-0.1, -0.05) is 15.9 Å². The molecule has 1 unspecified atom stereocenters. The Labute approximate surface area is 113 Å². The molecular weight excluding hydrogens is 298 g/mol. The topological polar surface area (TPSA) is 85.7 Å². The fraction of sp³-hybridized carbons (Fsp3) is 0.455. The van der Waals surface area contributed by atoms with Gasteiger partial charge in [0.2, 0.25) is 5.91 Å². The van der Waals surface area contributed by atoms with E-state index in [9.17, 15) is 4.79 Å². The van der Waals surface area contributed by atoms with Gasteiger partial charge < -0.3 is 0 Å². The highest BCUT2D eigenvalue weighted by atomic mass is 79.9. The van der Waals surface area contributed by atoms with Gasteiger partial charge in [-0.3, -0.25) is 9.69 Å². The molecule has 1 aromatic heterocycles. The Morgan fingerprint density at radius 1 is 1.56 bits per heavy atom. The summed E-state index contributed by atoms with van der Waals surface area (Å²) in [4.78, 5) is 13.5. The van der Waals surface area contributed by atoms with Gasteiger partial charge in [-0.05, 0) is 0 Å². The third-order valence-corrected chi connectivity index (χ3v) is 3.31. The van der Waals surface area contributed by atoms with Gasteiger partial charge in [0.15, 0.2) is 5.82 Å². The lowest BCUT2D eigenvalue weighted by Crippen LogP contribution is -2.28. The third-order valence-electron chi connectivity index (χ3n) is 2.70. The zero-order chi connectivity index (χ0) is 13.1. The zero-order valence-electron chi connectivity index (χ0n) is 9.51. The SMILES string of the molecule is N#CCCn1ncc(C#N)c1N1CC(Br)CC1=O. The maximum absolute atomic E-state index is 11.9. The van der Waals surface area contributed by atoms with Crippen molar-refractivity contribution in [1.29, 1.82) is 10.5 Å². The summed E-state index contributed by atoms with van der Waals surface area (Å²) in [7, 11) is 0. The van der Waals surface area contributed by atoms with Crippen LogP contribution in [-0.4, -0.2) is 27.1 Å². The Hall–Kier alpha value is -1.86. The molecule has 1 amide bonds. The van der Waals surface area contributed by atoms with Crippen molar-refractivity contribution in [3.8, 4) is 12.1 Å². The second-order valence-electron chi connectivity index (χ2n) is 3.93. The first kappa shape index (κ1) is 12.6. The van der Waals surface area contributed by atoms with Crippen LogP contribution in [0.25, 0.3) is 0 Å². The van der Waals surface area contributed by atoms with Crippen molar-refractivity contribution in [1.82, 2.24) is 9.78 Å². The lowest BCUT2D eigenvalue weighted by Gasteiger charge is -2.17. The van der Waals surface area contributed by atoms with Gasteiger partial charge in [0, 0.05) is 17.8 Å². The molecule has 0 bridgehead atoms. The number of anilines is 1. The number of hydrogen-bond donors (Lipinski definition) is 0. The molecule has 1 fully saturated rings. The third kappa shape index (κ3) is 2.22. The van der Waals surface area contributed by atoms with Gasteiger partial charge in [0.1, 0.15) is 11.6 Å². The summed E-state index contributed by atoms with van der Waals surface area (Å²) in [5, 5.41) is 21.7. The number of amides is 1. The van der Waals surface area contributed by atoms with Gasteiger partial charge in [0.25, 0.3) is 0 Å². The summed E-state index contributed by atoms with van der Waals surface area (Å²) in [6.07, 6.45) is 2.13. The van der Waals surface area contributed by atoms with Crippen LogP contribution in [0, 0.1) is 22.7 Å². The van der Waals surface area contributed by atoms with Crippen LogP contribution >= 0.6 is 15.9 Å². The number of halogens is 1. The number of nitriles is 2.